The molecule has 1 aromatic carbocycles. The fourth-order valence-corrected chi connectivity index (χ4v) is 3.37. The van der Waals surface area contributed by atoms with Crippen LogP contribution < -0.4 is 0 Å². The minimum atomic E-state index is 0.116. The Bertz CT molecular complexity index is 501. The number of piperidine rings is 3. The van der Waals surface area contributed by atoms with Crippen molar-refractivity contribution in [3.8, 4) is 0 Å². The van der Waals surface area contributed by atoms with Gasteiger partial charge in [0.1, 0.15) is 0 Å². The zero-order chi connectivity index (χ0) is 12.5. The summed E-state index contributed by atoms with van der Waals surface area (Å²) in [5.41, 5.74) is 1.99. The van der Waals surface area contributed by atoms with E-state index >= 15 is 0 Å². The topological polar surface area (TPSA) is 20.3 Å². The van der Waals surface area contributed by atoms with Crippen molar-refractivity contribution in [2.45, 2.75) is 19.3 Å². The molecule has 0 unspecified atom stereocenters. The molecule has 0 N–H and O–H groups in total. The summed E-state index contributed by atoms with van der Waals surface area (Å²) in [5.74, 6) is 0.915. The molecule has 0 aromatic heterocycles. The molecule has 0 aliphatic carbocycles. The third-order valence-electron chi connectivity index (χ3n) is 3.96. The Morgan fingerprint density at radius 1 is 1.28 bits per heavy atom. The molecule has 1 aromatic rings. The van der Waals surface area contributed by atoms with Crippen molar-refractivity contribution in [1.29, 1.82) is 0 Å². The van der Waals surface area contributed by atoms with Gasteiger partial charge in [0.05, 0.1) is 0 Å². The van der Waals surface area contributed by atoms with Crippen molar-refractivity contribution in [3.05, 3.63) is 46.1 Å². The zero-order valence-electron chi connectivity index (χ0n) is 10.2. The minimum Gasteiger partial charge on any atom is -0.375 e. The highest BCUT2D eigenvalue weighted by atomic mass is 79.9. The second kappa shape index (κ2) is 4.88. The predicted molar refractivity (Wildman–Crippen MR) is 75.5 cm³/mol. The summed E-state index contributed by atoms with van der Waals surface area (Å²) in [7, 11) is 0. The first-order chi connectivity index (χ1) is 8.74. The standard InChI is InChI=1S/C15H16BrNO/c16-14-4-2-1-3-13(14)15(18)10-12-9-11-5-7-17(12)8-6-11/h1-4,10-11H,5-9H2/b12-10+. The molecule has 4 rings (SSSR count). The SMILES string of the molecule is O=C(/C=C1\CC2CCN1CC2)c1ccccc1Br. The highest BCUT2D eigenvalue weighted by Crippen LogP contribution is 2.34. The summed E-state index contributed by atoms with van der Waals surface area (Å²) in [4.78, 5) is 14.6. The molecular weight excluding hydrogens is 290 g/mol. The number of benzene rings is 1. The first kappa shape index (κ1) is 12.0. The van der Waals surface area contributed by atoms with Crippen LogP contribution in [0.2, 0.25) is 0 Å². The quantitative estimate of drug-likeness (QED) is 0.614. The number of ketones is 1. The highest BCUT2D eigenvalue weighted by molar-refractivity contribution is 9.10. The van der Waals surface area contributed by atoms with E-state index in [9.17, 15) is 4.79 Å². The molecule has 3 aliphatic heterocycles. The largest absolute Gasteiger partial charge is 0.375 e. The fraction of sp³-hybridized carbons (Fsp3) is 0.400. The van der Waals surface area contributed by atoms with E-state index in [4.69, 9.17) is 0 Å². The fourth-order valence-electron chi connectivity index (χ4n) is 2.89. The van der Waals surface area contributed by atoms with E-state index in [0.717, 1.165) is 35.5 Å². The summed E-state index contributed by atoms with van der Waals surface area (Å²) in [5, 5.41) is 0. The molecule has 0 spiro atoms. The lowest BCUT2D eigenvalue weighted by Gasteiger charge is -2.42. The smallest absolute Gasteiger partial charge is 0.188 e. The Morgan fingerprint density at radius 3 is 2.61 bits per heavy atom. The molecule has 0 atom stereocenters. The molecule has 0 radical (unpaired) electrons. The number of hydrogen-bond donors (Lipinski definition) is 0. The highest BCUT2D eigenvalue weighted by Gasteiger charge is 2.29. The average Bonchev–Trinajstić information content (AvgIpc) is 2.40. The summed E-state index contributed by atoms with van der Waals surface area (Å²) < 4.78 is 0.878. The van der Waals surface area contributed by atoms with Crippen LogP contribution in [0.3, 0.4) is 0 Å². The number of nitrogens with zero attached hydrogens (tertiary/aromatic N) is 1. The van der Waals surface area contributed by atoms with Gasteiger partial charge in [0.15, 0.2) is 5.78 Å². The van der Waals surface area contributed by atoms with E-state index in [1.54, 1.807) is 0 Å². The van der Waals surface area contributed by atoms with Crippen LogP contribution in [0, 0.1) is 5.92 Å². The molecule has 3 heteroatoms. The van der Waals surface area contributed by atoms with Crippen molar-refractivity contribution in [3.63, 3.8) is 0 Å². The van der Waals surface area contributed by atoms with Gasteiger partial charge in [-0.15, -0.1) is 0 Å². The molecule has 0 amide bonds. The second-order valence-corrected chi connectivity index (χ2v) is 5.97. The van der Waals surface area contributed by atoms with E-state index in [-0.39, 0.29) is 5.78 Å². The van der Waals surface area contributed by atoms with Crippen LogP contribution in [0.25, 0.3) is 0 Å². The second-order valence-electron chi connectivity index (χ2n) is 5.11. The van der Waals surface area contributed by atoms with E-state index in [0.29, 0.717) is 0 Å². The van der Waals surface area contributed by atoms with Crippen LogP contribution in [-0.2, 0) is 0 Å². The average molecular weight is 306 g/mol. The maximum atomic E-state index is 12.3. The summed E-state index contributed by atoms with van der Waals surface area (Å²) >= 11 is 3.44. The van der Waals surface area contributed by atoms with Gasteiger partial charge in [0, 0.05) is 34.9 Å². The molecule has 3 saturated heterocycles. The van der Waals surface area contributed by atoms with Crippen LogP contribution in [-0.4, -0.2) is 23.8 Å². The minimum absolute atomic E-state index is 0.116. The molecular formula is C15H16BrNO. The predicted octanol–water partition coefficient (Wildman–Crippen LogP) is 3.63. The molecule has 3 aliphatic rings. The first-order valence-corrected chi connectivity index (χ1v) is 7.28. The molecule has 0 saturated carbocycles. The van der Waals surface area contributed by atoms with Crippen molar-refractivity contribution in [2.24, 2.45) is 5.92 Å². The van der Waals surface area contributed by atoms with Crippen LogP contribution in [0.5, 0.6) is 0 Å². The van der Waals surface area contributed by atoms with Crippen LogP contribution in [0.1, 0.15) is 29.6 Å². The van der Waals surface area contributed by atoms with E-state index in [1.807, 2.05) is 30.3 Å². The van der Waals surface area contributed by atoms with E-state index in [1.165, 1.54) is 18.5 Å². The normalized spacial score (nSPS) is 21.6. The lowest BCUT2D eigenvalue weighted by atomic mass is 9.85. The van der Waals surface area contributed by atoms with Gasteiger partial charge in [-0.25, -0.2) is 0 Å². The Morgan fingerprint density at radius 2 is 2.00 bits per heavy atom. The van der Waals surface area contributed by atoms with Gasteiger partial charge in [-0.2, -0.15) is 0 Å². The third-order valence-corrected chi connectivity index (χ3v) is 4.65. The van der Waals surface area contributed by atoms with Gasteiger partial charge >= 0.3 is 0 Å². The molecule has 2 bridgehead atoms. The molecule has 2 nitrogen and oxygen atoms in total. The maximum Gasteiger partial charge on any atom is 0.188 e. The number of carbonyl (C=O) groups is 1. The molecule has 18 heavy (non-hydrogen) atoms. The molecule has 3 heterocycles. The van der Waals surface area contributed by atoms with Gasteiger partial charge < -0.3 is 4.90 Å². The summed E-state index contributed by atoms with van der Waals surface area (Å²) in [6.07, 6.45) is 5.50. The van der Waals surface area contributed by atoms with Gasteiger partial charge in [-0.1, -0.05) is 28.1 Å². The zero-order valence-corrected chi connectivity index (χ0v) is 11.8. The van der Waals surface area contributed by atoms with Crippen molar-refractivity contribution in [2.75, 3.05) is 13.1 Å². The van der Waals surface area contributed by atoms with Crippen molar-refractivity contribution < 1.29 is 4.79 Å². The van der Waals surface area contributed by atoms with Crippen molar-refractivity contribution in [1.82, 2.24) is 4.90 Å². The van der Waals surface area contributed by atoms with E-state index < -0.39 is 0 Å². The van der Waals surface area contributed by atoms with Gasteiger partial charge in [-0.05, 0) is 37.3 Å². The van der Waals surface area contributed by atoms with Crippen LogP contribution in [0.15, 0.2) is 40.5 Å². The number of fused-ring (bicyclic) bond motifs is 3. The van der Waals surface area contributed by atoms with Crippen LogP contribution >= 0.6 is 15.9 Å². The Kier molecular flexibility index (Phi) is 3.25. The maximum absolute atomic E-state index is 12.3. The summed E-state index contributed by atoms with van der Waals surface area (Å²) in [6, 6.07) is 7.63. The Hall–Kier alpha value is -1.09. The number of hydrogen-bond acceptors (Lipinski definition) is 2. The number of carbonyl (C=O) groups excluding carboxylic acids is 1. The van der Waals surface area contributed by atoms with Crippen molar-refractivity contribution >= 4 is 21.7 Å². The Labute approximate surface area is 116 Å². The first-order valence-electron chi connectivity index (χ1n) is 6.48. The summed E-state index contributed by atoms with van der Waals surface area (Å²) in [6.45, 7) is 2.25. The van der Waals surface area contributed by atoms with Gasteiger partial charge in [0.2, 0.25) is 0 Å². The third kappa shape index (κ3) is 2.24. The van der Waals surface area contributed by atoms with Gasteiger partial charge in [0.25, 0.3) is 0 Å². The van der Waals surface area contributed by atoms with Gasteiger partial charge in [-0.3, -0.25) is 4.79 Å². The van der Waals surface area contributed by atoms with E-state index in [2.05, 4.69) is 20.8 Å². The van der Waals surface area contributed by atoms with Crippen LogP contribution in [0.4, 0.5) is 0 Å². The number of rotatable bonds is 2. The number of allylic oxidation sites excluding steroid dienone is 2. The molecule has 3 fully saturated rings. The lowest BCUT2D eigenvalue weighted by molar-refractivity contribution is 0.103. The monoisotopic (exact) mass is 305 g/mol. The number of halogens is 1. The lowest BCUT2D eigenvalue weighted by Crippen LogP contribution is -2.39. The Balaban J connectivity index is 1.84. The molecule has 94 valence electrons.